The van der Waals surface area contributed by atoms with Crippen molar-refractivity contribution >= 4 is 12.2 Å². The number of hydrogen-bond acceptors (Lipinski definition) is 3. The summed E-state index contributed by atoms with van der Waals surface area (Å²) in [6.07, 6.45) is 3.54. The predicted molar refractivity (Wildman–Crippen MR) is 92.3 cm³/mol. The highest BCUT2D eigenvalue weighted by Gasteiger charge is 2.12. The molecule has 0 fully saturated rings. The van der Waals surface area contributed by atoms with Gasteiger partial charge in [-0.2, -0.15) is 4.68 Å². The minimum Gasteiger partial charge on any atom is -0.315 e. The molecule has 3 aromatic rings. The van der Waals surface area contributed by atoms with Crippen LogP contribution >= 0.6 is 12.2 Å². The number of benzene rings is 1. The quantitative estimate of drug-likeness (QED) is 0.725. The molecule has 6 heteroatoms. The molecule has 3 rings (SSSR count). The molecule has 118 valence electrons. The largest absolute Gasteiger partial charge is 0.315 e. The molecule has 0 amide bonds. The molecule has 0 aliphatic rings. The van der Waals surface area contributed by atoms with Gasteiger partial charge in [0.25, 0.3) is 0 Å². The van der Waals surface area contributed by atoms with E-state index in [1.165, 1.54) is 10.5 Å². The first-order chi connectivity index (χ1) is 11.1. The molecule has 0 aliphatic carbocycles. The van der Waals surface area contributed by atoms with E-state index in [1.54, 1.807) is 12.4 Å². The van der Waals surface area contributed by atoms with Gasteiger partial charge in [-0.25, -0.2) is 0 Å². The first-order valence-electron chi connectivity index (χ1n) is 7.54. The van der Waals surface area contributed by atoms with Gasteiger partial charge in [-0.3, -0.25) is 4.98 Å². The normalized spacial score (nSPS) is 12.3. The second kappa shape index (κ2) is 6.85. The molecule has 1 unspecified atom stereocenters. The Morgan fingerprint density at radius 2 is 1.78 bits per heavy atom. The third kappa shape index (κ3) is 3.55. The highest BCUT2D eigenvalue weighted by molar-refractivity contribution is 7.71. The van der Waals surface area contributed by atoms with Gasteiger partial charge in [-0.1, -0.05) is 30.3 Å². The Morgan fingerprint density at radius 3 is 2.48 bits per heavy atom. The van der Waals surface area contributed by atoms with Gasteiger partial charge < -0.3 is 9.47 Å². The Bertz CT molecular complexity index is 823. The Morgan fingerprint density at radius 1 is 1.09 bits per heavy atom. The van der Waals surface area contributed by atoms with Crippen LogP contribution in [0.25, 0.3) is 11.4 Å². The summed E-state index contributed by atoms with van der Waals surface area (Å²) in [5.41, 5.74) is 2.33. The summed E-state index contributed by atoms with van der Waals surface area (Å²) in [7, 11) is 4.10. The standard InChI is InChI=1S/C17H19N5S/c1-20(12-14-6-4-3-5-7-14)13-22-17(23)21(2)16(19-22)15-8-10-18-11-9-15/h3-11H,12-13H2,1-2H3/p+1. The van der Waals surface area contributed by atoms with Gasteiger partial charge in [0.2, 0.25) is 4.77 Å². The first kappa shape index (κ1) is 15.6. The highest BCUT2D eigenvalue weighted by Crippen LogP contribution is 2.15. The molecule has 1 aromatic carbocycles. The van der Waals surface area contributed by atoms with E-state index in [0.717, 1.165) is 29.4 Å². The van der Waals surface area contributed by atoms with Crippen molar-refractivity contribution in [2.75, 3.05) is 7.05 Å². The Kier molecular flexibility index (Phi) is 4.64. The lowest BCUT2D eigenvalue weighted by Crippen LogP contribution is -3.07. The lowest BCUT2D eigenvalue weighted by Gasteiger charge is -2.13. The van der Waals surface area contributed by atoms with Crippen molar-refractivity contribution in [3.05, 3.63) is 65.2 Å². The van der Waals surface area contributed by atoms with Crippen LogP contribution in [0.5, 0.6) is 0 Å². The van der Waals surface area contributed by atoms with Crippen molar-refractivity contribution in [3.8, 4) is 11.4 Å². The summed E-state index contributed by atoms with van der Waals surface area (Å²) in [5, 5.41) is 4.69. The summed E-state index contributed by atoms with van der Waals surface area (Å²) >= 11 is 5.53. The zero-order chi connectivity index (χ0) is 16.2. The molecule has 0 radical (unpaired) electrons. The van der Waals surface area contributed by atoms with Crippen molar-refractivity contribution in [3.63, 3.8) is 0 Å². The van der Waals surface area contributed by atoms with E-state index in [-0.39, 0.29) is 0 Å². The third-order valence-corrected chi connectivity index (χ3v) is 4.23. The number of rotatable bonds is 5. The van der Waals surface area contributed by atoms with Crippen LogP contribution in [0.3, 0.4) is 0 Å². The van der Waals surface area contributed by atoms with Crippen molar-refractivity contribution in [1.29, 1.82) is 0 Å². The van der Waals surface area contributed by atoms with E-state index < -0.39 is 0 Å². The Hall–Kier alpha value is -2.31. The van der Waals surface area contributed by atoms with Crippen molar-refractivity contribution in [1.82, 2.24) is 19.3 Å². The van der Waals surface area contributed by atoms with Gasteiger partial charge in [0, 0.05) is 30.6 Å². The lowest BCUT2D eigenvalue weighted by atomic mass is 10.2. The maximum absolute atomic E-state index is 5.53. The third-order valence-electron chi connectivity index (χ3n) is 3.75. The summed E-state index contributed by atoms with van der Waals surface area (Å²) in [5.74, 6) is 0.866. The number of pyridine rings is 1. The molecule has 0 spiro atoms. The van der Waals surface area contributed by atoms with Gasteiger partial charge >= 0.3 is 0 Å². The van der Waals surface area contributed by atoms with Crippen molar-refractivity contribution < 1.29 is 4.90 Å². The highest BCUT2D eigenvalue weighted by atomic mass is 32.1. The van der Waals surface area contributed by atoms with Crippen LogP contribution in [0.2, 0.25) is 0 Å². The van der Waals surface area contributed by atoms with Gasteiger partial charge in [0.05, 0.1) is 7.05 Å². The van der Waals surface area contributed by atoms with E-state index in [2.05, 4.69) is 41.4 Å². The monoisotopic (exact) mass is 326 g/mol. The molecule has 1 N–H and O–H groups in total. The number of nitrogens with one attached hydrogen (secondary N) is 1. The number of aromatic nitrogens is 4. The molecule has 0 aliphatic heterocycles. The molecule has 2 aromatic heterocycles. The zero-order valence-electron chi connectivity index (χ0n) is 13.3. The fourth-order valence-electron chi connectivity index (χ4n) is 2.60. The minimum atomic E-state index is 0.726. The molecule has 5 nitrogen and oxygen atoms in total. The summed E-state index contributed by atoms with van der Waals surface area (Å²) in [4.78, 5) is 5.38. The summed E-state index contributed by atoms with van der Waals surface area (Å²) in [6.45, 7) is 1.66. The Labute approximate surface area is 140 Å². The fraction of sp³-hybridized carbons (Fsp3) is 0.235. The Balaban J connectivity index is 1.80. The van der Waals surface area contributed by atoms with Crippen LogP contribution in [0.15, 0.2) is 54.9 Å². The number of hydrogen-bond donors (Lipinski definition) is 1. The van der Waals surface area contributed by atoms with E-state index in [0.29, 0.717) is 0 Å². The molecule has 2 heterocycles. The van der Waals surface area contributed by atoms with Crippen molar-refractivity contribution in [2.24, 2.45) is 7.05 Å². The van der Waals surface area contributed by atoms with Crippen LogP contribution in [0.1, 0.15) is 5.56 Å². The molecule has 0 saturated carbocycles. The lowest BCUT2D eigenvalue weighted by molar-refractivity contribution is -0.917. The average Bonchev–Trinajstić information content (AvgIpc) is 2.85. The molecular formula is C17H20N5S+. The first-order valence-corrected chi connectivity index (χ1v) is 7.95. The maximum atomic E-state index is 5.53. The van der Waals surface area contributed by atoms with Crippen LogP contribution in [0.4, 0.5) is 0 Å². The fourth-order valence-corrected chi connectivity index (χ4v) is 2.79. The minimum absolute atomic E-state index is 0.726. The second-order valence-electron chi connectivity index (χ2n) is 5.68. The van der Waals surface area contributed by atoms with Crippen LogP contribution < -0.4 is 4.90 Å². The smallest absolute Gasteiger partial charge is 0.202 e. The van der Waals surface area contributed by atoms with Gasteiger partial charge in [0.1, 0.15) is 6.54 Å². The SMILES string of the molecule is Cn1c(-c2ccncc2)nn(C[NH+](C)Cc2ccccc2)c1=S. The molecule has 0 saturated heterocycles. The van der Waals surface area contributed by atoms with Gasteiger partial charge in [0.15, 0.2) is 12.5 Å². The molecule has 23 heavy (non-hydrogen) atoms. The average molecular weight is 326 g/mol. The van der Waals surface area contributed by atoms with E-state index in [9.17, 15) is 0 Å². The number of nitrogens with zero attached hydrogens (tertiary/aromatic N) is 4. The predicted octanol–water partition coefficient (Wildman–Crippen LogP) is 1.69. The van der Waals surface area contributed by atoms with Crippen LogP contribution in [-0.4, -0.2) is 26.4 Å². The van der Waals surface area contributed by atoms with Gasteiger partial charge in [-0.15, -0.1) is 5.10 Å². The second-order valence-corrected chi connectivity index (χ2v) is 6.04. The van der Waals surface area contributed by atoms with Crippen LogP contribution in [-0.2, 0) is 20.3 Å². The maximum Gasteiger partial charge on any atom is 0.202 e. The number of quaternary nitrogens is 1. The zero-order valence-corrected chi connectivity index (χ0v) is 14.1. The molecular weight excluding hydrogens is 306 g/mol. The van der Waals surface area contributed by atoms with E-state index in [1.807, 2.05) is 34.5 Å². The van der Waals surface area contributed by atoms with Crippen molar-refractivity contribution in [2.45, 2.75) is 13.2 Å². The van der Waals surface area contributed by atoms with Gasteiger partial charge in [-0.05, 0) is 24.4 Å². The van der Waals surface area contributed by atoms with E-state index in [4.69, 9.17) is 12.2 Å². The van der Waals surface area contributed by atoms with Crippen LogP contribution in [0, 0.1) is 4.77 Å². The summed E-state index contributed by atoms with van der Waals surface area (Å²) in [6, 6.07) is 14.3. The van der Waals surface area contributed by atoms with E-state index >= 15 is 0 Å². The molecule has 1 atom stereocenters. The molecule has 0 bridgehead atoms. The topological polar surface area (TPSA) is 40.1 Å². The summed E-state index contributed by atoms with van der Waals surface area (Å²) < 4.78 is 4.56.